The molecule has 220 valence electrons. The van der Waals surface area contributed by atoms with Crippen molar-refractivity contribution in [2.45, 2.75) is 57.4 Å². The molecule has 1 aliphatic carbocycles. The average molecular weight is 581 g/mol. The maximum atomic E-state index is 13.7. The lowest BCUT2D eigenvalue weighted by molar-refractivity contribution is 0.0115. The third kappa shape index (κ3) is 5.47. The number of amides is 1. The minimum absolute atomic E-state index is 0.0901. The van der Waals surface area contributed by atoms with Crippen molar-refractivity contribution in [2.75, 3.05) is 57.1 Å². The summed E-state index contributed by atoms with van der Waals surface area (Å²) in [4.78, 5) is 23.4. The van der Waals surface area contributed by atoms with Crippen molar-refractivity contribution in [3.8, 4) is 5.69 Å². The van der Waals surface area contributed by atoms with Crippen molar-refractivity contribution < 1.29 is 17.9 Å². The summed E-state index contributed by atoms with van der Waals surface area (Å²) >= 11 is 0. The number of rotatable bonds is 8. The van der Waals surface area contributed by atoms with Gasteiger partial charge in [-0.2, -0.15) is 5.10 Å². The van der Waals surface area contributed by atoms with Crippen LogP contribution in [0.3, 0.4) is 0 Å². The van der Waals surface area contributed by atoms with Crippen LogP contribution in [0.25, 0.3) is 16.7 Å². The number of carbonyl (C=O) groups is 1. The second-order valence-electron chi connectivity index (χ2n) is 11.4. The molecule has 2 aromatic heterocycles. The zero-order valence-electron chi connectivity index (χ0n) is 24.0. The van der Waals surface area contributed by atoms with Crippen molar-refractivity contribution in [3.63, 3.8) is 0 Å². The lowest BCUT2D eigenvalue weighted by Gasteiger charge is -2.41. The number of fused-ring (bicyclic) bond motifs is 1. The summed E-state index contributed by atoms with van der Waals surface area (Å²) in [6.07, 6.45) is 5.80. The van der Waals surface area contributed by atoms with Crippen LogP contribution in [-0.4, -0.2) is 96.5 Å². The van der Waals surface area contributed by atoms with Gasteiger partial charge in [0, 0.05) is 45.2 Å². The first-order chi connectivity index (χ1) is 19.9. The fraction of sp³-hybridized carbons (Fsp3) is 0.567. The molecule has 11 heteroatoms. The fourth-order valence-corrected chi connectivity index (χ4v) is 7.43. The molecule has 41 heavy (non-hydrogen) atoms. The molecular weight excluding hydrogens is 540 g/mol. The summed E-state index contributed by atoms with van der Waals surface area (Å²) in [6, 6.07) is 12.2. The Balaban J connectivity index is 1.45. The smallest absolute Gasteiger partial charge is 0.285 e. The number of ether oxygens (including phenoxy) is 1. The van der Waals surface area contributed by atoms with Gasteiger partial charge in [0.2, 0.25) is 10.0 Å². The molecular formula is C30H40N6O4S. The van der Waals surface area contributed by atoms with E-state index in [1.54, 1.807) is 6.92 Å². The van der Waals surface area contributed by atoms with Crippen LogP contribution in [0, 0.1) is 0 Å². The van der Waals surface area contributed by atoms with Gasteiger partial charge in [-0.1, -0.05) is 31.5 Å². The van der Waals surface area contributed by atoms with Crippen molar-refractivity contribution in [2.24, 2.45) is 0 Å². The van der Waals surface area contributed by atoms with E-state index in [1.165, 1.54) is 13.5 Å². The molecule has 0 bridgehead atoms. The van der Waals surface area contributed by atoms with E-state index in [4.69, 9.17) is 14.8 Å². The van der Waals surface area contributed by atoms with Crippen LogP contribution in [0.4, 0.5) is 5.69 Å². The maximum absolute atomic E-state index is 13.7. The van der Waals surface area contributed by atoms with Gasteiger partial charge in [0.15, 0.2) is 5.65 Å². The van der Waals surface area contributed by atoms with E-state index in [-0.39, 0.29) is 11.4 Å². The van der Waals surface area contributed by atoms with E-state index in [9.17, 15) is 13.2 Å². The van der Waals surface area contributed by atoms with Crippen molar-refractivity contribution in [1.29, 1.82) is 0 Å². The third-order valence-corrected chi connectivity index (χ3v) is 10.8. The van der Waals surface area contributed by atoms with Gasteiger partial charge in [0.05, 0.1) is 41.4 Å². The lowest BCUT2D eigenvalue weighted by atomic mass is 9.82. The fourth-order valence-electron chi connectivity index (χ4n) is 6.30. The predicted octanol–water partition coefficient (Wildman–Crippen LogP) is 3.80. The minimum Gasteiger partial charge on any atom is -0.379 e. The number of nitrogens with zero attached hydrogens (tertiary/aromatic N) is 6. The van der Waals surface area contributed by atoms with E-state index >= 15 is 0 Å². The van der Waals surface area contributed by atoms with Crippen LogP contribution >= 0.6 is 0 Å². The number of sulfonamides is 1. The molecule has 10 nitrogen and oxygen atoms in total. The number of hydrogen-bond acceptors (Lipinski definition) is 8. The zero-order chi connectivity index (χ0) is 28.6. The predicted molar refractivity (Wildman–Crippen MR) is 159 cm³/mol. The Kier molecular flexibility index (Phi) is 8.02. The summed E-state index contributed by atoms with van der Waals surface area (Å²) in [5.41, 5.74) is 3.56. The molecule has 4 heterocycles. The molecule has 1 saturated carbocycles. The first-order valence-electron chi connectivity index (χ1n) is 14.9. The second-order valence-corrected chi connectivity index (χ2v) is 13.6. The summed E-state index contributed by atoms with van der Waals surface area (Å²) in [5, 5.41) is 6.10. The summed E-state index contributed by atoms with van der Waals surface area (Å²) < 4.78 is 34.0. The van der Waals surface area contributed by atoms with Crippen molar-refractivity contribution >= 4 is 32.7 Å². The molecule has 6 rings (SSSR count). The molecule has 3 fully saturated rings. The Bertz CT molecular complexity index is 1490. The van der Waals surface area contributed by atoms with E-state index in [1.807, 2.05) is 41.1 Å². The Morgan fingerprint density at radius 3 is 2.39 bits per heavy atom. The molecule has 1 amide bonds. The number of piperidine rings is 1. The highest BCUT2D eigenvalue weighted by Crippen LogP contribution is 2.43. The number of anilines is 1. The maximum Gasteiger partial charge on any atom is 0.285 e. The van der Waals surface area contributed by atoms with Gasteiger partial charge in [-0.05, 0) is 50.3 Å². The molecule has 3 aliphatic rings. The quantitative estimate of drug-likeness (QED) is 0.397. The molecule has 0 N–H and O–H groups in total. The highest BCUT2D eigenvalue weighted by molar-refractivity contribution is 7.89. The van der Waals surface area contributed by atoms with Gasteiger partial charge >= 0.3 is 0 Å². The first-order valence-corrected chi connectivity index (χ1v) is 16.5. The van der Waals surface area contributed by atoms with E-state index < -0.39 is 15.9 Å². The number of morpholine rings is 1. The van der Waals surface area contributed by atoms with Crippen molar-refractivity contribution in [1.82, 2.24) is 24.0 Å². The Hall–Kier alpha value is -3.02. The van der Waals surface area contributed by atoms with E-state index in [0.717, 1.165) is 91.8 Å². The first kappa shape index (κ1) is 28.1. The van der Waals surface area contributed by atoms with Gasteiger partial charge in [-0.3, -0.25) is 9.69 Å². The van der Waals surface area contributed by atoms with Gasteiger partial charge in [-0.15, -0.1) is 0 Å². The molecule has 1 aromatic carbocycles. The number of pyridine rings is 1. The van der Waals surface area contributed by atoms with Crippen LogP contribution in [0.1, 0.15) is 67.5 Å². The number of benzene rings is 1. The van der Waals surface area contributed by atoms with Crippen LogP contribution in [0.5, 0.6) is 0 Å². The summed E-state index contributed by atoms with van der Waals surface area (Å²) in [5.74, 6) is -0.355. The highest BCUT2D eigenvalue weighted by Gasteiger charge is 2.34. The van der Waals surface area contributed by atoms with Crippen molar-refractivity contribution in [3.05, 3.63) is 47.8 Å². The number of para-hydroxylation sites is 1. The molecule has 2 aliphatic heterocycles. The lowest BCUT2D eigenvalue weighted by Crippen LogP contribution is -2.49. The Morgan fingerprint density at radius 1 is 1.05 bits per heavy atom. The van der Waals surface area contributed by atoms with Crippen LogP contribution in [0.2, 0.25) is 0 Å². The van der Waals surface area contributed by atoms with E-state index in [2.05, 4.69) is 9.80 Å². The van der Waals surface area contributed by atoms with Gasteiger partial charge in [0.25, 0.3) is 5.91 Å². The Labute approximate surface area is 242 Å². The molecule has 0 unspecified atom stereocenters. The topological polar surface area (TPSA) is 101 Å². The van der Waals surface area contributed by atoms with Gasteiger partial charge in [-0.25, -0.2) is 22.4 Å². The monoisotopic (exact) mass is 580 g/mol. The summed E-state index contributed by atoms with van der Waals surface area (Å²) in [7, 11) is -2.41. The average Bonchev–Trinajstić information content (AvgIpc) is 3.35. The SMILES string of the molecule is CCCS(=O)(=O)N(C)C(=O)c1cc(N2CCC(N3CCOCC3)CC2)c2c(C3CCC3)nn(-c3ccccc3)c2n1. The van der Waals surface area contributed by atoms with Gasteiger partial charge in [0.1, 0.15) is 5.69 Å². The van der Waals surface area contributed by atoms with Crippen LogP contribution in [-0.2, 0) is 14.8 Å². The number of aromatic nitrogens is 3. The molecule has 0 spiro atoms. The molecule has 3 aromatic rings. The molecule has 0 radical (unpaired) electrons. The molecule has 2 saturated heterocycles. The largest absolute Gasteiger partial charge is 0.379 e. The van der Waals surface area contributed by atoms with Gasteiger partial charge < -0.3 is 9.64 Å². The third-order valence-electron chi connectivity index (χ3n) is 8.89. The van der Waals surface area contributed by atoms with Crippen LogP contribution < -0.4 is 4.90 Å². The minimum atomic E-state index is -3.74. The standard InChI is InChI=1S/C30H40N6O4S/c1-3-20-41(38,39)33(2)30(37)25-21-26(35-14-12-23(13-15-35)34-16-18-40-19-17-34)27-28(22-8-7-9-22)32-36(29(27)31-25)24-10-5-4-6-11-24/h4-6,10-11,21-23H,3,7-9,12-20H2,1-2H3. The number of hydrogen-bond donors (Lipinski definition) is 0. The van der Waals surface area contributed by atoms with E-state index in [0.29, 0.717) is 24.0 Å². The zero-order valence-corrected chi connectivity index (χ0v) is 24.9. The number of carbonyl (C=O) groups excluding carboxylic acids is 1. The summed E-state index contributed by atoms with van der Waals surface area (Å²) in [6.45, 7) is 7.00. The highest BCUT2D eigenvalue weighted by atomic mass is 32.2. The second kappa shape index (κ2) is 11.7. The Morgan fingerprint density at radius 2 is 1.76 bits per heavy atom. The molecule has 0 atom stereocenters. The van der Waals surface area contributed by atoms with Crippen LogP contribution in [0.15, 0.2) is 36.4 Å². The normalized spacial score (nSPS) is 19.4.